The largest absolute Gasteiger partial charge is 0.505 e. The van der Waals surface area contributed by atoms with E-state index in [9.17, 15) is 5.11 Å². The molecule has 2 aromatic rings. The molecule has 17 heavy (non-hydrogen) atoms. The molecule has 1 N–H and O–H groups in total. The standard InChI is InChI=1S/C12H9Cl2NO2/c1-7-2-3-11(15-6-7)17-8-4-9(13)12(16)10(14)5-8/h2-6,16H,1H3. The van der Waals surface area contributed by atoms with Crippen molar-refractivity contribution in [3.8, 4) is 17.4 Å². The van der Waals surface area contributed by atoms with Crippen LogP contribution in [0.3, 0.4) is 0 Å². The fraction of sp³-hybridized carbons (Fsp3) is 0.0833. The lowest BCUT2D eigenvalue weighted by Crippen LogP contribution is -1.88. The molecule has 88 valence electrons. The number of halogens is 2. The van der Waals surface area contributed by atoms with E-state index in [1.165, 1.54) is 12.1 Å². The molecule has 0 radical (unpaired) electrons. The molecule has 0 aliphatic rings. The van der Waals surface area contributed by atoms with Crippen molar-refractivity contribution in [2.45, 2.75) is 6.92 Å². The number of ether oxygens (including phenoxy) is 1. The highest BCUT2D eigenvalue weighted by Crippen LogP contribution is 2.36. The van der Waals surface area contributed by atoms with Crippen LogP contribution in [0.4, 0.5) is 0 Å². The van der Waals surface area contributed by atoms with E-state index < -0.39 is 0 Å². The first-order valence-corrected chi connectivity index (χ1v) is 5.60. The number of aromatic hydroxyl groups is 1. The predicted octanol–water partition coefficient (Wildman–Crippen LogP) is 4.19. The second-order valence-corrected chi connectivity index (χ2v) is 4.33. The van der Waals surface area contributed by atoms with Gasteiger partial charge in [0.15, 0.2) is 5.75 Å². The molecular weight excluding hydrogens is 261 g/mol. The van der Waals surface area contributed by atoms with Crippen LogP contribution < -0.4 is 4.74 Å². The summed E-state index contributed by atoms with van der Waals surface area (Å²) in [6.07, 6.45) is 1.69. The zero-order valence-corrected chi connectivity index (χ0v) is 10.5. The Morgan fingerprint density at radius 1 is 1.18 bits per heavy atom. The molecule has 0 spiro atoms. The Kier molecular flexibility index (Phi) is 3.41. The van der Waals surface area contributed by atoms with Crippen LogP contribution in [0.25, 0.3) is 0 Å². The average Bonchev–Trinajstić information content (AvgIpc) is 2.29. The molecule has 0 amide bonds. The highest BCUT2D eigenvalue weighted by molar-refractivity contribution is 6.37. The van der Waals surface area contributed by atoms with E-state index >= 15 is 0 Å². The zero-order valence-electron chi connectivity index (χ0n) is 8.95. The summed E-state index contributed by atoms with van der Waals surface area (Å²) < 4.78 is 5.46. The summed E-state index contributed by atoms with van der Waals surface area (Å²) in [5.41, 5.74) is 1.04. The molecule has 0 unspecified atom stereocenters. The second-order valence-electron chi connectivity index (χ2n) is 3.51. The molecule has 2 rings (SSSR count). The Hall–Kier alpha value is -1.45. The maximum atomic E-state index is 9.40. The summed E-state index contributed by atoms with van der Waals surface area (Å²) >= 11 is 11.6. The number of phenols is 1. The Balaban J connectivity index is 2.27. The van der Waals surface area contributed by atoms with Gasteiger partial charge in [0, 0.05) is 24.4 Å². The molecule has 1 aromatic carbocycles. The number of nitrogens with zero attached hydrogens (tertiary/aromatic N) is 1. The number of hydrogen-bond acceptors (Lipinski definition) is 3. The second kappa shape index (κ2) is 4.82. The van der Waals surface area contributed by atoms with Crippen molar-refractivity contribution in [3.63, 3.8) is 0 Å². The van der Waals surface area contributed by atoms with Crippen LogP contribution in [0.2, 0.25) is 10.0 Å². The summed E-state index contributed by atoms with van der Waals surface area (Å²) in [6.45, 7) is 1.94. The van der Waals surface area contributed by atoms with Gasteiger partial charge in [-0.05, 0) is 12.5 Å². The number of phenolic OH excluding ortho intramolecular Hbond substituents is 1. The lowest BCUT2D eigenvalue weighted by molar-refractivity contribution is 0.454. The molecule has 0 aliphatic carbocycles. The Bertz CT molecular complexity index is 518. The van der Waals surface area contributed by atoms with Gasteiger partial charge in [-0.1, -0.05) is 29.3 Å². The van der Waals surface area contributed by atoms with Crippen molar-refractivity contribution in [2.75, 3.05) is 0 Å². The van der Waals surface area contributed by atoms with E-state index in [-0.39, 0.29) is 15.8 Å². The highest BCUT2D eigenvalue weighted by atomic mass is 35.5. The topological polar surface area (TPSA) is 42.4 Å². The van der Waals surface area contributed by atoms with Gasteiger partial charge in [-0.3, -0.25) is 0 Å². The quantitative estimate of drug-likeness (QED) is 0.889. The van der Waals surface area contributed by atoms with Crippen molar-refractivity contribution in [1.29, 1.82) is 0 Å². The van der Waals surface area contributed by atoms with Crippen LogP contribution in [0.5, 0.6) is 17.4 Å². The first-order chi connectivity index (χ1) is 8.06. The van der Waals surface area contributed by atoms with Gasteiger partial charge in [0.2, 0.25) is 5.88 Å². The Morgan fingerprint density at radius 2 is 1.82 bits per heavy atom. The monoisotopic (exact) mass is 269 g/mol. The summed E-state index contributed by atoms with van der Waals surface area (Å²) in [4.78, 5) is 4.08. The summed E-state index contributed by atoms with van der Waals surface area (Å²) in [5, 5.41) is 9.68. The Labute approximate surface area is 109 Å². The van der Waals surface area contributed by atoms with Gasteiger partial charge in [-0.2, -0.15) is 0 Å². The SMILES string of the molecule is Cc1ccc(Oc2cc(Cl)c(O)c(Cl)c2)nc1. The van der Waals surface area contributed by atoms with Gasteiger partial charge in [-0.25, -0.2) is 4.98 Å². The number of rotatable bonds is 2. The smallest absolute Gasteiger partial charge is 0.219 e. The van der Waals surface area contributed by atoms with Gasteiger partial charge in [0.1, 0.15) is 5.75 Å². The molecule has 0 saturated carbocycles. The fourth-order valence-corrected chi connectivity index (χ4v) is 1.70. The third kappa shape index (κ3) is 2.81. The minimum atomic E-state index is -0.155. The molecule has 1 aromatic heterocycles. The molecule has 5 heteroatoms. The van der Waals surface area contributed by atoms with E-state index in [0.717, 1.165) is 5.56 Å². The van der Waals surface area contributed by atoms with Gasteiger partial charge in [-0.15, -0.1) is 0 Å². The number of aromatic nitrogens is 1. The summed E-state index contributed by atoms with van der Waals surface area (Å²) in [6, 6.07) is 6.57. The van der Waals surface area contributed by atoms with Crippen LogP contribution in [-0.4, -0.2) is 10.1 Å². The van der Waals surface area contributed by atoms with Crippen LogP contribution >= 0.6 is 23.2 Å². The van der Waals surface area contributed by atoms with E-state index in [4.69, 9.17) is 27.9 Å². The lowest BCUT2D eigenvalue weighted by Gasteiger charge is -2.07. The van der Waals surface area contributed by atoms with Gasteiger partial charge in [0.25, 0.3) is 0 Å². The molecule has 1 heterocycles. The normalized spacial score (nSPS) is 10.3. The maximum absolute atomic E-state index is 9.40. The van der Waals surface area contributed by atoms with Gasteiger partial charge >= 0.3 is 0 Å². The van der Waals surface area contributed by atoms with Gasteiger partial charge in [0.05, 0.1) is 10.0 Å². The lowest BCUT2D eigenvalue weighted by atomic mass is 10.3. The van der Waals surface area contributed by atoms with Crippen molar-refractivity contribution < 1.29 is 9.84 Å². The van der Waals surface area contributed by atoms with E-state index in [1.54, 1.807) is 12.3 Å². The van der Waals surface area contributed by atoms with Crippen molar-refractivity contribution in [2.24, 2.45) is 0 Å². The highest BCUT2D eigenvalue weighted by Gasteiger charge is 2.08. The third-order valence-electron chi connectivity index (χ3n) is 2.10. The van der Waals surface area contributed by atoms with Crippen molar-refractivity contribution in [1.82, 2.24) is 4.98 Å². The first kappa shape index (κ1) is 12.0. The number of hydrogen-bond donors (Lipinski definition) is 1. The van der Waals surface area contributed by atoms with E-state index in [2.05, 4.69) is 4.98 Å². The average molecular weight is 270 g/mol. The molecule has 0 aliphatic heterocycles. The van der Waals surface area contributed by atoms with Crippen LogP contribution in [0.1, 0.15) is 5.56 Å². The minimum absolute atomic E-state index is 0.139. The maximum Gasteiger partial charge on any atom is 0.219 e. The van der Waals surface area contributed by atoms with Crippen molar-refractivity contribution >= 4 is 23.2 Å². The Morgan fingerprint density at radius 3 is 2.35 bits per heavy atom. The van der Waals surface area contributed by atoms with E-state index in [1.807, 2.05) is 13.0 Å². The van der Waals surface area contributed by atoms with Crippen molar-refractivity contribution in [3.05, 3.63) is 46.1 Å². The molecule has 0 bridgehead atoms. The third-order valence-corrected chi connectivity index (χ3v) is 2.67. The fourth-order valence-electron chi connectivity index (χ4n) is 1.24. The van der Waals surface area contributed by atoms with E-state index in [0.29, 0.717) is 11.6 Å². The van der Waals surface area contributed by atoms with Crippen LogP contribution in [0, 0.1) is 6.92 Å². The number of aryl methyl sites for hydroxylation is 1. The first-order valence-electron chi connectivity index (χ1n) is 4.85. The van der Waals surface area contributed by atoms with Gasteiger partial charge < -0.3 is 9.84 Å². The molecule has 0 atom stereocenters. The zero-order chi connectivity index (χ0) is 12.4. The molecule has 0 saturated heterocycles. The molecule has 3 nitrogen and oxygen atoms in total. The summed E-state index contributed by atoms with van der Waals surface area (Å²) in [7, 11) is 0. The molecular formula is C12H9Cl2NO2. The van der Waals surface area contributed by atoms with Crippen LogP contribution in [-0.2, 0) is 0 Å². The molecule has 0 fully saturated rings. The number of pyridine rings is 1. The van der Waals surface area contributed by atoms with Crippen LogP contribution in [0.15, 0.2) is 30.5 Å². The number of benzene rings is 1. The minimum Gasteiger partial charge on any atom is -0.505 e. The predicted molar refractivity (Wildman–Crippen MR) is 67.2 cm³/mol. The summed E-state index contributed by atoms with van der Waals surface area (Å²) in [5.74, 6) is 0.708.